The highest BCUT2D eigenvalue weighted by Gasteiger charge is 2.48. The Kier molecular flexibility index (Phi) is 9.65. The fourth-order valence-electron chi connectivity index (χ4n) is 10.3. The van der Waals surface area contributed by atoms with Crippen molar-refractivity contribution in [2.75, 3.05) is 0 Å². The van der Waals surface area contributed by atoms with Gasteiger partial charge in [-0.05, 0) is 86.0 Å². The molecule has 324 valence electrons. The highest BCUT2D eigenvalue weighted by Crippen LogP contribution is 2.62. The summed E-state index contributed by atoms with van der Waals surface area (Å²) in [5, 5.41) is 0. The van der Waals surface area contributed by atoms with Crippen LogP contribution in [0.2, 0.25) is 0 Å². The van der Waals surface area contributed by atoms with Gasteiger partial charge in [-0.15, -0.1) is 0 Å². The Labute approximate surface area is 400 Å². The molecule has 13 rings (SSSR count). The van der Waals surface area contributed by atoms with Gasteiger partial charge in [0.1, 0.15) is 0 Å². The first-order valence-electron chi connectivity index (χ1n) is 23.2. The summed E-state index contributed by atoms with van der Waals surface area (Å²) in [4.78, 5) is 15.5. The number of rotatable bonds is 8. The number of aromatic nitrogens is 3. The van der Waals surface area contributed by atoms with E-state index in [9.17, 15) is 0 Å². The second-order valence-electron chi connectivity index (χ2n) is 17.5. The highest BCUT2D eigenvalue weighted by molar-refractivity contribution is 5.92. The van der Waals surface area contributed by atoms with E-state index >= 15 is 0 Å². The summed E-state index contributed by atoms with van der Waals surface area (Å²) in [6.45, 7) is 0. The van der Waals surface area contributed by atoms with E-state index in [4.69, 9.17) is 24.4 Å². The maximum atomic E-state index is 7.07. The van der Waals surface area contributed by atoms with Crippen molar-refractivity contribution >= 4 is 0 Å². The molecule has 0 unspecified atom stereocenters. The second kappa shape index (κ2) is 16.6. The van der Waals surface area contributed by atoms with Gasteiger partial charge in [0.25, 0.3) is 0 Å². The molecule has 0 bridgehead atoms. The van der Waals surface area contributed by atoms with Crippen molar-refractivity contribution in [1.82, 2.24) is 15.0 Å². The van der Waals surface area contributed by atoms with E-state index in [1.807, 2.05) is 30.3 Å². The number of hydrogen-bond acceptors (Lipinski definition) is 5. The van der Waals surface area contributed by atoms with Crippen LogP contribution in [0.5, 0.6) is 23.0 Å². The summed E-state index contributed by atoms with van der Waals surface area (Å²) in [6.07, 6.45) is 0. The molecule has 0 N–H and O–H groups in total. The minimum atomic E-state index is -0.556. The summed E-state index contributed by atoms with van der Waals surface area (Å²) in [7, 11) is 0. The number of hydrogen-bond donors (Lipinski definition) is 0. The van der Waals surface area contributed by atoms with Gasteiger partial charge in [-0.2, -0.15) is 0 Å². The van der Waals surface area contributed by atoms with Crippen molar-refractivity contribution in [3.05, 3.63) is 271 Å². The molecule has 11 aromatic rings. The maximum Gasteiger partial charge on any atom is 0.178 e. The van der Waals surface area contributed by atoms with Crippen molar-refractivity contribution in [2.45, 2.75) is 5.41 Å². The molecule has 1 aliphatic carbocycles. The lowest BCUT2D eigenvalue weighted by Gasteiger charge is -2.34. The van der Waals surface area contributed by atoms with Crippen LogP contribution in [0.4, 0.5) is 0 Å². The normalized spacial score (nSPS) is 12.7. The molecule has 0 amide bonds. The van der Waals surface area contributed by atoms with E-state index in [2.05, 4.69) is 218 Å². The van der Waals surface area contributed by atoms with Gasteiger partial charge in [0.2, 0.25) is 0 Å². The number of benzene rings is 10. The summed E-state index contributed by atoms with van der Waals surface area (Å²) >= 11 is 0. The lowest BCUT2D eigenvalue weighted by Crippen LogP contribution is -2.28. The van der Waals surface area contributed by atoms with E-state index in [0.29, 0.717) is 40.5 Å². The SMILES string of the molecule is c1ccc(-c2cccc(-c3nc(-c4cccc(-c5ccccc5)c4)nc(-c4cccc(-c5cccc6c5Oc5ccc7c(c5O6)-c5ccccc5C7(c5ccccc5)c5ccccc5)c4)n3)c2)cc1. The zero-order valence-corrected chi connectivity index (χ0v) is 37.3. The van der Waals surface area contributed by atoms with Crippen molar-refractivity contribution in [1.29, 1.82) is 0 Å². The van der Waals surface area contributed by atoms with Gasteiger partial charge in [-0.25, -0.2) is 15.0 Å². The van der Waals surface area contributed by atoms with E-state index in [0.717, 1.165) is 66.8 Å². The van der Waals surface area contributed by atoms with Gasteiger partial charge in [0, 0.05) is 27.8 Å². The van der Waals surface area contributed by atoms with Crippen molar-refractivity contribution in [2.24, 2.45) is 0 Å². The predicted molar refractivity (Wildman–Crippen MR) is 276 cm³/mol. The Morgan fingerprint density at radius 3 is 1.25 bits per heavy atom. The molecule has 1 aromatic heterocycles. The van der Waals surface area contributed by atoms with Gasteiger partial charge in [-0.1, -0.05) is 218 Å². The molecule has 0 saturated heterocycles. The average molecular weight is 884 g/mol. The third-order valence-corrected chi connectivity index (χ3v) is 13.5. The van der Waals surface area contributed by atoms with Crippen molar-refractivity contribution in [3.8, 4) is 102 Å². The molecule has 0 atom stereocenters. The molecule has 0 fully saturated rings. The number of para-hydroxylation sites is 1. The molecule has 0 saturated carbocycles. The van der Waals surface area contributed by atoms with Gasteiger partial charge in [-0.3, -0.25) is 0 Å². The summed E-state index contributed by atoms with van der Waals surface area (Å²) in [6, 6.07) is 86.6. The number of ether oxygens (including phenoxy) is 2. The zero-order valence-electron chi connectivity index (χ0n) is 37.3. The third-order valence-electron chi connectivity index (χ3n) is 13.5. The first kappa shape index (κ1) is 40.1. The Morgan fingerprint density at radius 2 is 0.681 bits per heavy atom. The second-order valence-corrected chi connectivity index (χ2v) is 17.5. The number of fused-ring (bicyclic) bond motifs is 6. The minimum Gasteiger partial charge on any atom is -0.449 e. The molecular formula is C64H41N3O2. The summed E-state index contributed by atoms with van der Waals surface area (Å²) in [5.41, 5.74) is 15.3. The highest BCUT2D eigenvalue weighted by atomic mass is 16.6. The first-order valence-corrected chi connectivity index (χ1v) is 23.2. The van der Waals surface area contributed by atoms with Crippen LogP contribution in [0.3, 0.4) is 0 Å². The molecule has 10 aromatic carbocycles. The van der Waals surface area contributed by atoms with Gasteiger partial charge < -0.3 is 9.47 Å². The van der Waals surface area contributed by atoms with Crippen LogP contribution < -0.4 is 9.47 Å². The Balaban J connectivity index is 0.914. The molecule has 2 heterocycles. The largest absolute Gasteiger partial charge is 0.449 e. The van der Waals surface area contributed by atoms with Gasteiger partial charge in [0.05, 0.1) is 5.41 Å². The molecule has 5 nitrogen and oxygen atoms in total. The van der Waals surface area contributed by atoms with Crippen molar-refractivity contribution in [3.63, 3.8) is 0 Å². The molecule has 5 heteroatoms. The Morgan fingerprint density at radius 1 is 0.275 bits per heavy atom. The lowest BCUT2D eigenvalue weighted by atomic mass is 9.68. The summed E-state index contributed by atoms with van der Waals surface area (Å²) in [5.74, 6) is 4.42. The average Bonchev–Trinajstić information content (AvgIpc) is 3.75. The van der Waals surface area contributed by atoms with E-state index in [-0.39, 0.29) is 0 Å². The van der Waals surface area contributed by atoms with Crippen LogP contribution >= 0.6 is 0 Å². The van der Waals surface area contributed by atoms with Crippen LogP contribution in [0.1, 0.15) is 22.3 Å². The van der Waals surface area contributed by atoms with Crippen LogP contribution in [0.25, 0.3) is 78.7 Å². The monoisotopic (exact) mass is 883 g/mol. The molecule has 0 radical (unpaired) electrons. The van der Waals surface area contributed by atoms with Crippen LogP contribution in [0.15, 0.2) is 249 Å². The quantitative estimate of drug-likeness (QED) is 0.152. The predicted octanol–water partition coefficient (Wildman–Crippen LogP) is 16.1. The van der Waals surface area contributed by atoms with E-state index < -0.39 is 5.41 Å². The molecule has 1 aliphatic heterocycles. The van der Waals surface area contributed by atoms with Gasteiger partial charge in [0.15, 0.2) is 40.5 Å². The number of nitrogens with zero attached hydrogens (tertiary/aromatic N) is 3. The molecule has 69 heavy (non-hydrogen) atoms. The van der Waals surface area contributed by atoms with Crippen LogP contribution in [0, 0.1) is 0 Å². The van der Waals surface area contributed by atoms with E-state index in [1.54, 1.807) is 0 Å². The zero-order chi connectivity index (χ0) is 45.7. The molecule has 0 spiro atoms. The Hall–Kier alpha value is -9.19. The lowest BCUT2D eigenvalue weighted by molar-refractivity contribution is 0.361. The fourth-order valence-corrected chi connectivity index (χ4v) is 10.3. The van der Waals surface area contributed by atoms with Crippen LogP contribution in [-0.4, -0.2) is 15.0 Å². The Bertz CT molecular complexity index is 3580. The molecular weight excluding hydrogens is 843 g/mol. The standard InChI is InChI=1S/C64H41N3O2/c1-5-19-42(20-6-1)44-23-15-26-47(39-44)61-65-62(48-27-16-24-45(40-48)43-21-7-2-8-22-43)67-63(66-61)49-28-17-25-46(41-49)52-34-18-36-56-59(52)68-57-38-37-55-58(60(57)69-56)53-33-13-14-35-54(53)64(55,50-29-9-3-10-30-50)51-31-11-4-12-32-51/h1-41H. The minimum absolute atomic E-state index is 0.556. The topological polar surface area (TPSA) is 57.1 Å². The molecule has 2 aliphatic rings. The van der Waals surface area contributed by atoms with Crippen LogP contribution in [-0.2, 0) is 5.41 Å². The third kappa shape index (κ3) is 6.82. The van der Waals surface area contributed by atoms with E-state index in [1.165, 1.54) is 16.7 Å². The summed E-state index contributed by atoms with van der Waals surface area (Å²) < 4.78 is 14.1. The van der Waals surface area contributed by atoms with Crippen molar-refractivity contribution < 1.29 is 9.47 Å². The smallest absolute Gasteiger partial charge is 0.178 e. The van der Waals surface area contributed by atoms with Gasteiger partial charge >= 0.3 is 0 Å². The first-order chi connectivity index (χ1) is 34.2. The maximum absolute atomic E-state index is 7.07. The fraction of sp³-hybridized carbons (Fsp3) is 0.0156.